The molecule has 6 nitrogen and oxygen atoms in total. The van der Waals surface area contributed by atoms with E-state index in [0.29, 0.717) is 44.9 Å². The van der Waals surface area contributed by atoms with Gasteiger partial charge in [0.15, 0.2) is 5.79 Å². The zero-order valence-electron chi connectivity index (χ0n) is 14.5. The van der Waals surface area contributed by atoms with Gasteiger partial charge in [-0.3, -0.25) is 0 Å². The van der Waals surface area contributed by atoms with Gasteiger partial charge >= 0.3 is 0 Å². The van der Waals surface area contributed by atoms with Crippen LogP contribution in [-0.2, 0) is 19.5 Å². The molecule has 7 heteroatoms. The SMILES string of the molecule is COc1cc(C)c(C)cc1S(=O)(=O)N1CCC2(CC1)OCCCO2. The van der Waals surface area contributed by atoms with E-state index >= 15 is 0 Å². The van der Waals surface area contributed by atoms with Crippen LogP contribution in [0.25, 0.3) is 0 Å². The molecule has 134 valence electrons. The monoisotopic (exact) mass is 355 g/mol. The second-order valence-corrected chi connectivity index (χ2v) is 8.36. The van der Waals surface area contributed by atoms with Crippen molar-refractivity contribution in [2.24, 2.45) is 0 Å². The summed E-state index contributed by atoms with van der Waals surface area (Å²) < 4.78 is 44.5. The minimum atomic E-state index is -3.60. The molecule has 24 heavy (non-hydrogen) atoms. The third-order valence-electron chi connectivity index (χ3n) is 4.90. The molecule has 2 aliphatic heterocycles. The maximum Gasteiger partial charge on any atom is 0.246 e. The molecule has 0 N–H and O–H groups in total. The molecule has 0 atom stereocenters. The lowest BCUT2D eigenvalue weighted by molar-refractivity contribution is -0.280. The van der Waals surface area contributed by atoms with E-state index in [9.17, 15) is 8.42 Å². The predicted octanol–water partition coefficient (Wildman–Crippen LogP) is 2.23. The number of ether oxygens (including phenoxy) is 3. The van der Waals surface area contributed by atoms with Gasteiger partial charge in [-0.05, 0) is 43.5 Å². The lowest BCUT2D eigenvalue weighted by Gasteiger charge is -2.42. The zero-order valence-corrected chi connectivity index (χ0v) is 15.3. The van der Waals surface area contributed by atoms with Crippen molar-refractivity contribution < 1.29 is 22.6 Å². The van der Waals surface area contributed by atoms with Crippen LogP contribution in [0.1, 0.15) is 30.4 Å². The normalized spacial score (nSPS) is 21.8. The summed E-state index contributed by atoms with van der Waals surface area (Å²) in [6.45, 7) is 5.98. The van der Waals surface area contributed by atoms with Crippen molar-refractivity contribution in [1.29, 1.82) is 0 Å². The van der Waals surface area contributed by atoms with Gasteiger partial charge in [0.2, 0.25) is 10.0 Å². The maximum atomic E-state index is 13.1. The summed E-state index contributed by atoms with van der Waals surface area (Å²) in [6.07, 6.45) is 2.00. The largest absolute Gasteiger partial charge is 0.495 e. The first-order valence-electron chi connectivity index (χ1n) is 8.31. The van der Waals surface area contributed by atoms with Crippen molar-refractivity contribution in [3.63, 3.8) is 0 Å². The summed E-state index contributed by atoms with van der Waals surface area (Å²) in [6, 6.07) is 3.47. The lowest BCUT2D eigenvalue weighted by atomic mass is 10.0. The van der Waals surface area contributed by atoms with E-state index in [1.54, 1.807) is 12.1 Å². The first-order chi connectivity index (χ1) is 11.4. The Morgan fingerprint density at radius 3 is 2.25 bits per heavy atom. The first-order valence-corrected chi connectivity index (χ1v) is 9.75. The number of methoxy groups -OCH3 is 1. The van der Waals surface area contributed by atoms with E-state index < -0.39 is 15.8 Å². The van der Waals surface area contributed by atoms with Crippen LogP contribution in [-0.4, -0.2) is 51.9 Å². The first kappa shape index (κ1) is 17.7. The molecule has 0 saturated carbocycles. The van der Waals surface area contributed by atoms with Gasteiger partial charge in [-0.15, -0.1) is 0 Å². The lowest BCUT2D eigenvalue weighted by Crippen LogP contribution is -2.51. The Hall–Kier alpha value is -1.15. The summed E-state index contributed by atoms with van der Waals surface area (Å²) in [5, 5.41) is 0. The van der Waals surface area contributed by atoms with Crippen LogP contribution in [0.5, 0.6) is 5.75 Å². The van der Waals surface area contributed by atoms with Crippen molar-refractivity contribution >= 4 is 10.0 Å². The van der Waals surface area contributed by atoms with Gasteiger partial charge in [0.25, 0.3) is 0 Å². The predicted molar refractivity (Wildman–Crippen MR) is 89.7 cm³/mol. The molecule has 2 saturated heterocycles. The van der Waals surface area contributed by atoms with Gasteiger partial charge < -0.3 is 14.2 Å². The second-order valence-electron chi connectivity index (χ2n) is 6.45. The van der Waals surface area contributed by atoms with Crippen molar-refractivity contribution in [2.75, 3.05) is 33.4 Å². The highest BCUT2D eigenvalue weighted by atomic mass is 32.2. The van der Waals surface area contributed by atoms with Crippen molar-refractivity contribution in [1.82, 2.24) is 4.31 Å². The Morgan fingerprint density at radius 2 is 1.67 bits per heavy atom. The van der Waals surface area contributed by atoms with E-state index in [4.69, 9.17) is 14.2 Å². The number of aryl methyl sites for hydroxylation is 2. The van der Waals surface area contributed by atoms with Gasteiger partial charge in [-0.25, -0.2) is 8.42 Å². The highest BCUT2D eigenvalue weighted by Gasteiger charge is 2.42. The highest BCUT2D eigenvalue weighted by Crippen LogP contribution is 2.35. The standard InChI is InChI=1S/C17H25NO5S/c1-13-11-15(21-3)16(12-14(13)2)24(19,20)18-7-5-17(6-8-18)22-9-4-10-23-17/h11-12H,4-10H2,1-3H3. The summed E-state index contributed by atoms with van der Waals surface area (Å²) >= 11 is 0. The Bertz CT molecular complexity index is 700. The average Bonchev–Trinajstić information content (AvgIpc) is 2.58. The van der Waals surface area contributed by atoms with Gasteiger partial charge in [-0.1, -0.05) is 0 Å². The smallest absolute Gasteiger partial charge is 0.246 e. The van der Waals surface area contributed by atoms with Crippen LogP contribution >= 0.6 is 0 Å². The minimum Gasteiger partial charge on any atom is -0.495 e. The minimum absolute atomic E-state index is 0.231. The van der Waals surface area contributed by atoms with Crippen molar-refractivity contribution in [2.45, 2.75) is 43.8 Å². The fraction of sp³-hybridized carbons (Fsp3) is 0.647. The molecule has 0 unspecified atom stereocenters. The summed E-state index contributed by atoms with van der Waals surface area (Å²) in [5.74, 6) is -0.207. The Kier molecular flexibility index (Phi) is 4.88. The quantitative estimate of drug-likeness (QED) is 0.832. The van der Waals surface area contributed by atoms with Crippen LogP contribution in [0, 0.1) is 13.8 Å². The molecule has 1 spiro atoms. The third kappa shape index (κ3) is 3.18. The Balaban J connectivity index is 1.83. The van der Waals surface area contributed by atoms with Crippen LogP contribution in [0.2, 0.25) is 0 Å². The maximum absolute atomic E-state index is 13.1. The number of piperidine rings is 1. The number of hydrogen-bond donors (Lipinski definition) is 0. The molecule has 1 aromatic carbocycles. The number of hydrogen-bond acceptors (Lipinski definition) is 5. The molecule has 3 rings (SSSR count). The molecule has 2 heterocycles. The van der Waals surface area contributed by atoms with E-state index in [1.807, 2.05) is 13.8 Å². The molecular formula is C17H25NO5S. The average molecular weight is 355 g/mol. The highest BCUT2D eigenvalue weighted by molar-refractivity contribution is 7.89. The van der Waals surface area contributed by atoms with Gasteiger partial charge in [-0.2, -0.15) is 4.31 Å². The molecule has 0 radical (unpaired) electrons. The molecule has 2 fully saturated rings. The van der Waals surface area contributed by atoms with Crippen LogP contribution in [0.4, 0.5) is 0 Å². The fourth-order valence-electron chi connectivity index (χ4n) is 3.24. The fourth-order valence-corrected chi connectivity index (χ4v) is 4.90. The van der Waals surface area contributed by atoms with Crippen molar-refractivity contribution in [3.05, 3.63) is 23.3 Å². The van der Waals surface area contributed by atoms with E-state index in [0.717, 1.165) is 17.5 Å². The summed E-state index contributed by atoms with van der Waals surface area (Å²) in [5.41, 5.74) is 1.94. The molecule has 0 aliphatic carbocycles. The summed E-state index contributed by atoms with van der Waals surface area (Å²) in [7, 11) is -2.10. The van der Waals surface area contributed by atoms with Crippen LogP contribution in [0.3, 0.4) is 0 Å². The van der Waals surface area contributed by atoms with Gasteiger partial charge in [0, 0.05) is 25.9 Å². The second kappa shape index (κ2) is 6.63. The number of sulfonamides is 1. The molecule has 0 bridgehead atoms. The molecule has 0 amide bonds. The molecule has 1 aromatic rings. The van der Waals surface area contributed by atoms with Gasteiger partial charge in [0.1, 0.15) is 10.6 Å². The topological polar surface area (TPSA) is 65.1 Å². The van der Waals surface area contributed by atoms with Gasteiger partial charge in [0.05, 0.1) is 20.3 Å². The Morgan fingerprint density at radius 1 is 1.08 bits per heavy atom. The number of benzene rings is 1. The number of nitrogens with zero attached hydrogens (tertiary/aromatic N) is 1. The number of rotatable bonds is 3. The molecule has 2 aliphatic rings. The van der Waals surface area contributed by atoms with Crippen LogP contribution in [0.15, 0.2) is 17.0 Å². The zero-order chi connectivity index (χ0) is 17.4. The third-order valence-corrected chi connectivity index (χ3v) is 6.82. The van der Waals surface area contributed by atoms with E-state index in [2.05, 4.69) is 0 Å². The van der Waals surface area contributed by atoms with Crippen LogP contribution < -0.4 is 4.74 Å². The Labute approximate surface area is 143 Å². The van der Waals surface area contributed by atoms with E-state index in [1.165, 1.54) is 11.4 Å². The molecular weight excluding hydrogens is 330 g/mol. The molecule has 0 aromatic heterocycles. The van der Waals surface area contributed by atoms with E-state index in [-0.39, 0.29) is 4.90 Å². The van der Waals surface area contributed by atoms with Crippen molar-refractivity contribution in [3.8, 4) is 5.75 Å². The summed E-state index contributed by atoms with van der Waals surface area (Å²) in [4.78, 5) is 0.231.